The predicted octanol–water partition coefficient (Wildman–Crippen LogP) is 1.82. The van der Waals surface area contributed by atoms with Crippen LogP contribution in [0.15, 0.2) is 30.5 Å². The van der Waals surface area contributed by atoms with E-state index in [-0.39, 0.29) is 11.7 Å². The Morgan fingerprint density at radius 1 is 1.33 bits per heavy atom. The molecule has 6 nitrogen and oxygen atoms in total. The van der Waals surface area contributed by atoms with Gasteiger partial charge in [0.15, 0.2) is 0 Å². The Kier molecular flexibility index (Phi) is 3.68. The van der Waals surface area contributed by atoms with Gasteiger partial charge in [-0.15, -0.1) is 5.10 Å². The maximum atomic E-state index is 11.9. The highest BCUT2D eigenvalue weighted by molar-refractivity contribution is 5.90. The maximum absolute atomic E-state index is 11.9. The van der Waals surface area contributed by atoms with Gasteiger partial charge < -0.3 is 10.3 Å². The van der Waals surface area contributed by atoms with Gasteiger partial charge in [0.05, 0.1) is 0 Å². The van der Waals surface area contributed by atoms with E-state index in [2.05, 4.69) is 31.5 Å². The molecular weight excluding hydrogens is 266 g/mol. The molecule has 0 bridgehead atoms. The summed E-state index contributed by atoms with van der Waals surface area (Å²) in [6.45, 7) is 2.51. The smallest absolute Gasteiger partial charge is 0.290 e. The van der Waals surface area contributed by atoms with Crippen LogP contribution in [0.5, 0.6) is 0 Å². The van der Waals surface area contributed by atoms with Crippen molar-refractivity contribution >= 4 is 16.8 Å². The highest BCUT2D eigenvalue weighted by atomic mass is 16.2. The van der Waals surface area contributed by atoms with E-state index >= 15 is 0 Å². The zero-order chi connectivity index (χ0) is 14.7. The van der Waals surface area contributed by atoms with Crippen LogP contribution in [0, 0.1) is 0 Å². The summed E-state index contributed by atoms with van der Waals surface area (Å²) in [5, 5.41) is 10.7. The topological polar surface area (TPSA) is 86.5 Å². The molecule has 6 heteroatoms. The molecule has 2 heterocycles. The number of aromatic amines is 2. The largest absolute Gasteiger partial charge is 0.361 e. The highest BCUT2D eigenvalue weighted by Crippen LogP contribution is 2.17. The van der Waals surface area contributed by atoms with Crippen molar-refractivity contribution in [3.8, 4) is 0 Å². The molecule has 0 fully saturated rings. The molecule has 0 atom stereocenters. The number of rotatable bonds is 5. The van der Waals surface area contributed by atoms with E-state index in [1.165, 1.54) is 10.9 Å². The third-order valence-electron chi connectivity index (χ3n) is 3.42. The summed E-state index contributed by atoms with van der Waals surface area (Å²) < 4.78 is 0. The average molecular weight is 283 g/mol. The summed E-state index contributed by atoms with van der Waals surface area (Å²) >= 11 is 0. The molecule has 0 aliphatic rings. The van der Waals surface area contributed by atoms with Crippen molar-refractivity contribution in [2.24, 2.45) is 0 Å². The molecule has 0 saturated carbocycles. The molecule has 21 heavy (non-hydrogen) atoms. The number of fused-ring (bicyclic) bond motifs is 1. The lowest BCUT2D eigenvalue weighted by atomic mass is 10.1. The Balaban J connectivity index is 1.59. The van der Waals surface area contributed by atoms with E-state index in [0.29, 0.717) is 6.54 Å². The van der Waals surface area contributed by atoms with Crippen LogP contribution < -0.4 is 5.32 Å². The van der Waals surface area contributed by atoms with Crippen LogP contribution in [0.1, 0.15) is 28.9 Å². The van der Waals surface area contributed by atoms with E-state index in [1.54, 1.807) is 0 Å². The lowest BCUT2D eigenvalue weighted by Crippen LogP contribution is -2.26. The van der Waals surface area contributed by atoms with Crippen molar-refractivity contribution in [3.05, 3.63) is 47.7 Å². The number of aryl methyl sites for hydroxylation is 1. The van der Waals surface area contributed by atoms with Gasteiger partial charge in [-0.25, -0.2) is 4.98 Å². The van der Waals surface area contributed by atoms with Gasteiger partial charge in [0.25, 0.3) is 5.91 Å². The summed E-state index contributed by atoms with van der Waals surface area (Å²) in [6, 6.07) is 8.13. The number of aromatic nitrogens is 4. The van der Waals surface area contributed by atoms with Gasteiger partial charge >= 0.3 is 0 Å². The van der Waals surface area contributed by atoms with Gasteiger partial charge in [-0.2, -0.15) is 0 Å². The summed E-state index contributed by atoms with van der Waals surface area (Å²) in [6.07, 6.45) is 3.48. The van der Waals surface area contributed by atoms with Gasteiger partial charge in [-0.05, 0) is 18.1 Å². The molecule has 1 aromatic carbocycles. The number of hydrogen-bond acceptors (Lipinski definition) is 3. The first-order valence-corrected chi connectivity index (χ1v) is 7.02. The minimum Gasteiger partial charge on any atom is -0.361 e. The van der Waals surface area contributed by atoms with Crippen molar-refractivity contribution in [2.75, 3.05) is 6.54 Å². The first-order valence-electron chi connectivity index (χ1n) is 7.02. The van der Waals surface area contributed by atoms with E-state index in [4.69, 9.17) is 0 Å². The lowest BCUT2D eigenvalue weighted by Gasteiger charge is -2.02. The summed E-state index contributed by atoms with van der Waals surface area (Å²) in [5.41, 5.74) is 2.30. The molecule has 0 spiro atoms. The SMILES string of the molecule is CCc1nc(C(=O)NCCc2c[nH]c3ccccc23)n[nH]1. The average Bonchev–Trinajstić information content (AvgIpc) is 3.14. The fourth-order valence-electron chi connectivity index (χ4n) is 2.28. The second kappa shape index (κ2) is 5.78. The molecule has 2 aromatic heterocycles. The zero-order valence-corrected chi connectivity index (χ0v) is 11.8. The number of nitrogens with zero attached hydrogens (tertiary/aromatic N) is 2. The van der Waals surface area contributed by atoms with Crippen LogP contribution in [0.2, 0.25) is 0 Å². The molecule has 3 rings (SSSR count). The molecular formula is C15H17N5O. The third kappa shape index (κ3) is 2.79. The van der Waals surface area contributed by atoms with Crippen LogP contribution in [-0.4, -0.2) is 32.6 Å². The van der Waals surface area contributed by atoms with Crippen molar-refractivity contribution in [3.63, 3.8) is 0 Å². The first-order chi connectivity index (χ1) is 10.3. The Hall–Kier alpha value is -2.63. The van der Waals surface area contributed by atoms with Crippen LogP contribution in [-0.2, 0) is 12.8 Å². The van der Waals surface area contributed by atoms with Crippen molar-refractivity contribution in [1.29, 1.82) is 0 Å². The van der Waals surface area contributed by atoms with Gasteiger partial charge in [-0.1, -0.05) is 25.1 Å². The number of benzene rings is 1. The number of nitrogens with one attached hydrogen (secondary N) is 3. The molecule has 0 aliphatic carbocycles. The molecule has 0 saturated heterocycles. The quantitative estimate of drug-likeness (QED) is 0.667. The normalized spacial score (nSPS) is 10.9. The van der Waals surface area contributed by atoms with Crippen molar-refractivity contribution in [2.45, 2.75) is 19.8 Å². The van der Waals surface area contributed by atoms with Crippen LogP contribution in [0.25, 0.3) is 10.9 Å². The standard InChI is InChI=1S/C15H17N5O/c1-2-13-18-14(20-19-13)15(21)16-8-7-10-9-17-12-6-4-3-5-11(10)12/h3-6,9,17H,2,7-8H2,1H3,(H,16,21)(H,18,19,20). The predicted molar refractivity (Wildman–Crippen MR) is 80.1 cm³/mol. The van der Waals surface area contributed by atoms with Gasteiger partial charge in [0, 0.05) is 30.1 Å². The van der Waals surface area contributed by atoms with Crippen LogP contribution in [0.4, 0.5) is 0 Å². The monoisotopic (exact) mass is 283 g/mol. The second-order valence-corrected chi connectivity index (χ2v) is 4.82. The number of para-hydroxylation sites is 1. The van der Waals surface area contributed by atoms with E-state index in [1.807, 2.05) is 31.3 Å². The number of carbonyl (C=O) groups is 1. The van der Waals surface area contributed by atoms with E-state index in [0.717, 1.165) is 24.2 Å². The lowest BCUT2D eigenvalue weighted by molar-refractivity contribution is 0.0944. The minimum atomic E-state index is -0.245. The van der Waals surface area contributed by atoms with E-state index in [9.17, 15) is 4.79 Å². The molecule has 0 radical (unpaired) electrons. The Morgan fingerprint density at radius 3 is 3.00 bits per heavy atom. The summed E-state index contributed by atoms with van der Waals surface area (Å²) in [4.78, 5) is 19.2. The maximum Gasteiger partial charge on any atom is 0.290 e. The van der Waals surface area contributed by atoms with Crippen molar-refractivity contribution in [1.82, 2.24) is 25.5 Å². The number of hydrogen-bond donors (Lipinski definition) is 3. The molecule has 108 valence electrons. The number of carbonyl (C=O) groups excluding carboxylic acids is 1. The Labute approximate surface area is 122 Å². The van der Waals surface area contributed by atoms with E-state index < -0.39 is 0 Å². The van der Waals surface area contributed by atoms with Gasteiger partial charge in [-0.3, -0.25) is 9.89 Å². The number of amides is 1. The molecule has 3 N–H and O–H groups in total. The Morgan fingerprint density at radius 2 is 2.19 bits per heavy atom. The number of H-pyrrole nitrogens is 2. The fraction of sp³-hybridized carbons (Fsp3) is 0.267. The summed E-state index contributed by atoms with van der Waals surface area (Å²) in [5.74, 6) is 0.674. The highest BCUT2D eigenvalue weighted by Gasteiger charge is 2.11. The van der Waals surface area contributed by atoms with Crippen LogP contribution >= 0.6 is 0 Å². The third-order valence-corrected chi connectivity index (χ3v) is 3.42. The zero-order valence-electron chi connectivity index (χ0n) is 11.8. The van der Waals surface area contributed by atoms with Crippen molar-refractivity contribution < 1.29 is 4.79 Å². The minimum absolute atomic E-state index is 0.200. The first kappa shape index (κ1) is 13.4. The summed E-state index contributed by atoms with van der Waals surface area (Å²) in [7, 11) is 0. The molecule has 0 aliphatic heterocycles. The van der Waals surface area contributed by atoms with Crippen LogP contribution in [0.3, 0.4) is 0 Å². The Bertz CT molecular complexity index is 758. The molecule has 3 aromatic rings. The van der Waals surface area contributed by atoms with Gasteiger partial charge in [0.2, 0.25) is 5.82 Å². The molecule has 1 amide bonds. The molecule has 0 unspecified atom stereocenters. The fourth-order valence-corrected chi connectivity index (χ4v) is 2.28. The second-order valence-electron chi connectivity index (χ2n) is 4.82. The van der Waals surface area contributed by atoms with Gasteiger partial charge in [0.1, 0.15) is 5.82 Å².